The van der Waals surface area contributed by atoms with E-state index in [2.05, 4.69) is 4.84 Å². The maximum atomic E-state index is 8.95. The SMILES string of the molecule is CO[N+](=O)[O-].O=[N+]([O-])O.O=[N+]([O-])O. The molecule has 0 aromatic carbocycles. The second kappa shape index (κ2) is 12.3. The van der Waals surface area contributed by atoms with Crippen molar-refractivity contribution in [2.45, 2.75) is 0 Å². The van der Waals surface area contributed by atoms with Crippen LogP contribution < -0.4 is 0 Å². The van der Waals surface area contributed by atoms with Gasteiger partial charge >= 0.3 is 0 Å². The van der Waals surface area contributed by atoms with Gasteiger partial charge in [-0.15, -0.1) is 30.3 Å². The number of nitrogens with zero attached hydrogens (tertiary/aromatic N) is 3. The van der Waals surface area contributed by atoms with Crippen molar-refractivity contribution in [3.63, 3.8) is 0 Å². The van der Waals surface area contributed by atoms with E-state index in [4.69, 9.17) is 40.8 Å². The van der Waals surface area contributed by atoms with Crippen LogP contribution in [0.1, 0.15) is 0 Å². The first-order valence-electron chi connectivity index (χ1n) is 2.09. The predicted octanol–water partition coefficient (Wildman–Crippen LogP) is -0.871. The first kappa shape index (κ1) is 16.9. The van der Waals surface area contributed by atoms with E-state index in [1.807, 2.05) is 0 Å². The summed E-state index contributed by atoms with van der Waals surface area (Å²) in [5.74, 6) is 0. The first-order chi connectivity index (χ1) is 5.73. The summed E-state index contributed by atoms with van der Waals surface area (Å²) >= 11 is 0. The van der Waals surface area contributed by atoms with Crippen LogP contribution in [-0.4, -0.2) is 32.8 Å². The number of rotatable bonds is 1. The smallest absolute Gasteiger partial charge is 0.294 e. The predicted molar refractivity (Wildman–Crippen MR) is 31.6 cm³/mol. The van der Waals surface area contributed by atoms with E-state index >= 15 is 0 Å². The molecule has 0 aliphatic rings. The molecule has 13 heavy (non-hydrogen) atoms. The molecule has 0 spiro atoms. The molecule has 0 aromatic rings. The van der Waals surface area contributed by atoms with Crippen LogP contribution in [0.15, 0.2) is 0 Å². The van der Waals surface area contributed by atoms with Gasteiger partial charge in [0.25, 0.3) is 15.3 Å². The Bertz CT molecular complexity index is 144. The van der Waals surface area contributed by atoms with Gasteiger partial charge in [0.05, 0.1) is 7.11 Å². The zero-order valence-electron chi connectivity index (χ0n) is 6.09. The molecule has 0 saturated carbocycles. The second-order valence-corrected chi connectivity index (χ2v) is 0.882. The van der Waals surface area contributed by atoms with Gasteiger partial charge in [-0.05, 0) is 0 Å². The topological polar surface area (TPSA) is 179 Å². The van der Waals surface area contributed by atoms with E-state index in [9.17, 15) is 0 Å². The average Bonchev–Trinajstić information content (AvgIpc) is 1.84. The molecule has 0 amide bonds. The highest BCUT2D eigenvalue weighted by atomic mass is 16.9. The third kappa shape index (κ3) is 3470. The summed E-state index contributed by atoms with van der Waals surface area (Å²) in [6.07, 6.45) is 0. The number of hydrogen-bond acceptors (Lipinski definition) is 7. The third-order valence-electron chi connectivity index (χ3n) is 0.149. The highest BCUT2D eigenvalue weighted by Gasteiger charge is 1.77. The van der Waals surface area contributed by atoms with Gasteiger partial charge in [0.1, 0.15) is 0 Å². The third-order valence-corrected chi connectivity index (χ3v) is 0.149. The van der Waals surface area contributed by atoms with E-state index in [1.54, 1.807) is 0 Å². The van der Waals surface area contributed by atoms with Crippen LogP contribution in [0.4, 0.5) is 0 Å². The Labute approximate surface area is 69.3 Å². The molecule has 0 atom stereocenters. The molecule has 0 rings (SSSR count). The van der Waals surface area contributed by atoms with Gasteiger partial charge in [0, 0.05) is 0 Å². The van der Waals surface area contributed by atoms with Crippen molar-refractivity contribution < 1.29 is 30.5 Å². The molecule has 0 unspecified atom stereocenters. The van der Waals surface area contributed by atoms with Crippen molar-refractivity contribution in [2.75, 3.05) is 7.11 Å². The van der Waals surface area contributed by atoms with Gasteiger partial charge < -0.3 is 15.3 Å². The summed E-state index contributed by atoms with van der Waals surface area (Å²) in [7, 11) is 1.00. The molecular formula is CH5N3O9. The van der Waals surface area contributed by atoms with Crippen molar-refractivity contribution in [3.05, 3.63) is 30.3 Å². The van der Waals surface area contributed by atoms with Gasteiger partial charge in [-0.3, -0.25) is 0 Å². The fraction of sp³-hybridized carbons (Fsp3) is 1.00. The normalized spacial score (nSPS) is 6.23. The van der Waals surface area contributed by atoms with Crippen LogP contribution in [0.25, 0.3) is 0 Å². The van der Waals surface area contributed by atoms with Crippen LogP contribution in [0.5, 0.6) is 0 Å². The zero-order valence-corrected chi connectivity index (χ0v) is 6.09. The minimum absolute atomic E-state index is 0.875. The van der Waals surface area contributed by atoms with Gasteiger partial charge in [0.15, 0.2) is 0 Å². The van der Waals surface area contributed by atoms with Crippen LogP contribution in [-0.2, 0) is 4.84 Å². The van der Waals surface area contributed by atoms with Crippen LogP contribution in [0.3, 0.4) is 0 Å². The molecular weight excluding hydrogens is 198 g/mol. The van der Waals surface area contributed by atoms with E-state index < -0.39 is 15.3 Å². The minimum Gasteiger partial charge on any atom is -0.328 e. The second-order valence-electron chi connectivity index (χ2n) is 0.882. The van der Waals surface area contributed by atoms with Gasteiger partial charge in [-0.2, -0.15) is 0 Å². The molecule has 0 radical (unpaired) electrons. The van der Waals surface area contributed by atoms with E-state index in [0.717, 1.165) is 7.11 Å². The number of hydrogen-bond donors (Lipinski definition) is 2. The fourth-order valence-corrected chi connectivity index (χ4v) is 0. The highest BCUT2D eigenvalue weighted by molar-refractivity contribution is 3.86. The summed E-state index contributed by atoms with van der Waals surface area (Å²) in [6, 6.07) is 0. The molecule has 2 N–H and O–H groups in total. The molecule has 0 bridgehead atoms. The molecule has 0 aliphatic heterocycles. The lowest BCUT2D eigenvalue weighted by atomic mass is 11.7. The molecule has 0 fully saturated rings. The van der Waals surface area contributed by atoms with E-state index in [-0.39, 0.29) is 0 Å². The van der Waals surface area contributed by atoms with Crippen molar-refractivity contribution in [1.82, 2.24) is 0 Å². The van der Waals surface area contributed by atoms with Crippen molar-refractivity contribution in [3.8, 4) is 0 Å². The van der Waals surface area contributed by atoms with Crippen molar-refractivity contribution in [2.24, 2.45) is 0 Å². The van der Waals surface area contributed by atoms with Gasteiger partial charge in [-0.25, -0.2) is 0 Å². The van der Waals surface area contributed by atoms with Gasteiger partial charge in [0.2, 0.25) is 0 Å². The quantitative estimate of drug-likeness (QED) is 0.404. The molecule has 12 heteroatoms. The Kier molecular flexibility index (Phi) is 16.0. The summed E-state index contributed by atoms with van der Waals surface area (Å²) in [6.45, 7) is 0. The summed E-state index contributed by atoms with van der Waals surface area (Å²) < 4.78 is 0. The molecule has 0 aromatic heterocycles. The van der Waals surface area contributed by atoms with Gasteiger partial charge in [-0.1, -0.05) is 0 Å². The van der Waals surface area contributed by atoms with Crippen LogP contribution >= 0.6 is 0 Å². The molecule has 12 nitrogen and oxygen atoms in total. The Morgan fingerprint density at radius 2 is 1.08 bits per heavy atom. The standard InChI is InChI=1S/CH3NO3.2HNO3/c1-5-2(3)4;2*2-1(3)4/h1H3;2*(H,2,3,4). The lowest BCUT2D eigenvalue weighted by Gasteiger charge is -1.75. The highest BCUT2D eigenvalue weighted by Crippen LogP contribution is 1.57. The van der Waals surface area contributed by atoms with Crippen molar-refractivity contribution >= 4 is 0 Å². The van der Waals surface area contributed by atoms with E-state index in [1.165, 1.54) is 0 Å². The Morgan fingerprint density at radius 3 is 1.08 bits per heavy atom. The maximum Gasteiger partial charge on any atom is 0.294 e. The Balaban J connectivity index is -0.000000117. The Hall–Kier alpha value is -2.40. The molecule has 0 saturated heterocycles. The van der Waals surface area contributed by atoms with Crippen molar-refractivity contribution in [1.29, 1.82) is 0 Å². The Morgan fingerprint density at radius 1 is 1.00 bits per heavy atom. The fourth-order valence-electron chi connectivity index (χ4n) is 0. The zero-order chi connectivity index (χ0) is 11.4. The largest absolute Gasteiger partial charge is 0.328 e. The lowest BCUT2D eigenvalue weighted by Crippen LogP contribution is -1.91. The maximum absolute atomic E-state index is 8.95. The monoisotopic (exact) mass is 203 g/mol. The first-order valence-corrected chi connectivity index (χ1v) is 2.09. The average molecular weight is 203 g/mol. The van der Waals surface area contributed by atoms with Crippen LogP contribution in [0, 0.1) is 30.3 Å². The lowest BCUT2D eigenvalue weighted by molar-refractivity contribution is -0.749. The molecule has 0 aliphatic carbocycles. The minimum atomic E-state index is -1.50. The summed E-state index contributed by atoms with van der Waals surface area (Å²) in [5, 5.41) is 35.4. The van der Waals surface area contributed by atoms with Crippen LogP contribution in [0.2, 0.25) is 0 Å². The summed E-state index contributed by atoms with van der Waals surface area (Å²) in [4.78, 5) is 29.1. The molecule has 0 heterocycles. The summed E-state index contributed by atoms with van der Waals surface area (Å²) in [5.41, 5.74) is 0. The van der Waals surface area contributed by atoms with E-state index in [0.29, 0.717) is 0 Å². The molecule has 78 valence electrons.